The summed E-state index contributed by atoms with van der Waals surface area (Å²) < 4.78 is 110. The van der Waals surface area contributed by atoms with Crippen LogP contribution in [0.5, 0.6) is 11.5 Å². The van der Waals surface area contributed by atoms with Crippen molar-refractivity contribution in [1.82, 2.24) is 0 Å². The molecule has 2 aromatic rings. The minimum atomic E-state index is -6.17. The number of nitrogen functional groups attached to an aromatic ring is 2. The largest absolute Gasteiger partial charge is 0.503 e. The zero-order valence-electron chi connectivity index (χ0n) is 12.9. The maximum absolute atomic E-state index is 13.8. The lowest BCUT2D eigenvalue weighted by molar-refractivity contribution is -0.288. The molecule has 0 aliphatic heterocycles. The Labute approximate surface area is 145 Å². The predicted molar refractivity (Wildman–Crippen MR) is 77.8 cm³/mol. The van der Waals surface area contributed by atoms with Crippen molar-refractivity contribution >= 4 is 11.4 Å². The van der Waals surface area contributed by atoms with E-state index in [9.17, 15) is 45.3 Å². The molecule has 0 aliphatic carbocycles. The number of hydrogen-bond donors (Lipinski definition) is 4. The first kappa shape index (κ1) is 20.4. The highest BCUT2D eigenvalue weighted by atomic mass is 19.4. The van der Waals surface area contributed by atoms with Gasteiger partial charge in [0.25, 0.3) is 0 Å². The fourth-order valence-corrected chi connectivity index (χ4v) is 2.66. The highest BCUT2D eigenvalue weighted by molar-refractivity contribution is 5.61. The zero-order valence-corrected chi connectivity index (χ0v) is 12.9. The molecule has 0 amide bonds. The molecule has 0 aromatic heterocycles. The van der Waals surface area contributed by atoms with Gasteiger partial charge in [-0.3, -0.25) is 0 Å². The summed E-state index contributed by atoms with van der Waals surface area (Å²) in [6, 6.07) is -0.290. The average Bonchev–Trinajstić information content (AvgIpc) is 2.47. The summed E-state index contributed by atoms with van der Waals surface area (Å²) in [5.41, 5.74) is -0.478. The molecule has 0 saturated carbocycles. The number of phenolic OH excluding ortho intramolecular Hbond substituents is 2. The van der Waals surface area contributed by atoms with Crippen LogP contribution in [-0.4, -0.2) is 22.6 Å². The number of hydrogen-bond acceptors (Lipinski definition) is 4. The molecule has 0 atom stereocenters. The molecule has 0 heterocycles. The van der Waals surface area contributed by atoms with E-state index >= 15 is 0 Å². The first-order valence-electron chi connectivity index (χ1n) is 6.85. The van der Waals surface area contributed by atoms with E-state index in [1.165, 1.54) is 0 Å². The highest BCUT2D eigenvalue weighted by Crippen LogP contribution is 2.57. The number of anilines is 2. The van der Waals surface area contributed by atoms with E-state index < -0.39 is 63.4 Å². The monoisotopic (exact) mass is 402 g/mol. The van der Waals surface area contributed by atoms with Crippen LogP contribution < -0.4 is 11.5 Å². The number of halogens is 8. The van der Waals surface area contributed by atoms with Gasteiger partial charge in [-0.15, -0.1) is 0 Å². The maximum atomic E-state index is 13.8. The molecule has 0 saturated heterocycles. The third kappa shape index (κ3) is 2.94. The molecule has 2 rings (SSSR count). The first-order valence-corrected chi connectivity index (χ1v) is 6.85. The normalized spacial score (nSPS) is 13.0. The van der Waals surface area contributed by atoms with Crippen LogP contribution in [0, 0.1) is 11.6 Å². The van der Waals surface area contributed by atoms with E-state index in [4.69, 9.17) is 11.5 Å². The molecule has 148 valence electrons. The second kappa shape index (κ2) is 6.06. The van der Waals surface area contributed by atoms with Gasteiger partial charge in [-0.05, 0) is 35.4 Å². The number of benzene rings is 2. The molecule has 0 unspecified atom stereocenters. The van der Waals surface area contributed by atoms with Gasteiger partial charge in [0, 0.05) is 0 Å². The van der Waals surface area contributed by atoms with Gasteiger partial charge in [0.05, 0.1) is 11.4 Å². The zero-order chi connectivity index (χ0) is 20.9. The third-order valence-electron chi connectivity index (χ3n) is 3.90. The van der Waals surface area contributed by atoms with Crippen LogP contribution in [0.3, 0.4) is 0 Å². The smallest absolute Gasteiger partial charge is 0.411 e. The van der Waals surface area contributed by atoms with Gasteiger partial charge in [-0.25, -0.2) is 8.78 Å². The van der Waals surface area contributed by atoms with Gasteiger partial charge in [0.2, 0.25) is 5.41 Å². The summed E-state index contributed by atoms with van der Waals surface area (Å²) >= 11 is 0. The van der Waals surface area contributed by atoms with Crippen LogP contribution in [0.4, 0.5) is 46.5 Å². The Bertz CT molecular complexity index is 773. The number of alkyl halides is 6. The molecule has 0 fully saturated rings. The van der Waals surface area contributed by atoms with Gasteiger partial charge in [0.1, 0.15) is 0 Å². The quantitative estimate of drug-likeness (QED) is 0.348. The van der Waals surface area contributed by atoms with Crippen molar-refractivity contribution in [3.05, 3.63) is 47.0 Å². The lowest BCUT2D eigenvalue weighted by atomic mass is 9.72. The summed E-state index contributed by atoms with van der Waals surface area (Å²) in [4.78, 5) is 0. The van der Waals surface area contributed by atoms with Crippen LogP contribution >= 0.6 is 0 Å². The van der Waals surface area contributed by atoms with Crippen LogP contribution in [0.2, 0.25) is 0 Å². The Kier molecular flexibility index (Phi) is 4.58. The molecule has 27 heavy (non-hydrogen) atoms. The fraction of sp³-hybridized carbons (Fsp3) is 0.200. The van der Waals surface area contributed by atoms with Gasteiger partial charge in [-0.2, -0.15) is 26.3 Å². The van der Waals surface area contributed by atoms with Crippen molar-refractivity contribution in [2.45, 2.75) is 17.8 Å². The molecular formula is C15H10F8N2O2. The highest BCUT2D eigenvalue weighted by Gasteiger charge is 2.73. The number of rotatable bonds is 2. The fourth-order valence-electron chi connectivity index (χ4n) is 2.66. The Hall–Kier alpha value is -2.92. The van der Waals surface area contributed by atoms with Crippen molar-refractivity contribution < 1.29 is 45.3 Å². The molecule has 0 spiro atoms. The van der Waals surface area contributed by atoms with Crippen LogP contribution in [-0.2, 0) is 5.41 Å². The topological polar surface area (TPSA) is 92.5 Å². The molecule has 12 heteroatoms. The van der Waals surface area contributed by atoms with Gasteiger partial charge in [-0.1, -0.05) is 0 Å². The minimum Gasteiger partial charge on any atom is -0.503 e. The van der Waals surface area contributed by atoms with Crippen LogP contribution in [0.15, 0.2) is 24.3 Å². The Morgan fingerprint density at radius 1 is 0.630 bits per heavy atom. The second-order valence-corrected chi connectivity index (χ2v) is 5.54. The van der Waals surface area contributed by atoms with E-state index in [0.29, 0.717) is 0 Å². The number of nitrogens with two attached hydrogens (primary N) is 2. The second-order valence-electron chi connectivity index (χ2n) is 5.54. The van der Waals surface area contributed by atoms with Crippen molar-refractivity contribution in [1.29, 1.82) is 0 Å². The molecule has 0 radical (unpaired) electrons. The van der Waals surface area contributed by atoms with Crippen molar-refractivity contribution in [2.24, 2.45) is 0 Å². The summed E-state index contributed by atoms with van der Waals surface area (Å²) in [5.74, 6) is -6.41. The van der Waals surface area contributed by atoms with Crippen molar-refractivity contribution in [3.63, 3.8) is 0 Å². The lowest BCUT2D eigenvalue weighted by Crippen LogP contribution is -2.55. The summed E-state index contributed by atoms with van der Waals surface area (Å²) in [7, 11) is 0. The van der Waals surface area contributed by atoms with E-state index in [1.54, 1.807) is 0 Å². The molecule has 4 nitrogen and oxygen atoms in total. The first-order chi connectivity index (χ1) is 12.1. The standard InChI is InChI=1S/C15H10F8N2O2/c16-7-1-5(3-9(24)11(7)26)13(14(18,19)20,15(21,22)23)6-2-8(17)12(27)10(25)4-6/h1-4,26-27H,24-25H2. The summed E-state index contributed by atoms with van der Waals surface area (Å²) in [6.07, 6.45) is -12.3. The molecule has 2 aromatic carbocycles. The summed E-state index contributed by atoms with van der Waals surface area (Å²) in [6.45, 7) is 0. The maximum Gasteiger partial charge on any atom is 0.411 e. The molecule has 6 N–H and O–H groups in total. The Balaban J connectivity index is 3.06. The van der Waals surface area contributed by atoms with E-state index in [2.05, 4.69) is 0 Å². The van der Waals surface area contributed by atoms with Crippen LogP contribution in [0.25, 0.3) is 0 Å². The van der Waals surface area contributed by atoms with E-state index in [0.717, 1.165) is 0 Å². The molecule has 0 aliphatic rings. The van der Waals surface area contributed by atoms with Gasteiger partial charge < -0.3 is 21.7 Å². The van der Waals surface area contributed by atoms with Gasteiger partial charge in [0.15, 0.2) is 23.1 Å². The molecule has 0 bridgehead atoms. The van der Waals surface area contributed by atoms with Crippen molar-refractivity contribution in [3.8, 4) is 11.5 Å². The van der Waals surface area contributed by atoms with E-state index in [-0.39, 0.29) is 24.3 Å². The predicted octanol–water partition coefficient (Wildman–Crippen LogP) is 3.95. The van der Waals surface area contributed by atoms with Crippen molar-refractivity contribution in [2.75, 3.05) is 11.5 Å². The number of phenols is 2. The third-order valence-corrected chi connectivity index (χ3v) is 3.90. The molecular weight excluding hydrogens is 392 g/mol. The van der Waals surface area contributed by atoms with Gasteiger partial charge >= 0.3 is 12.4 Å². The number of aromatic hydroxyl groups is 2. The van der Waals surface area contributed by atoms with Crippen LogP contribution in [0.1, 0.15) is 11.1 Å². The summed E-state index contributed by atoms with van der Waals surface area (Å²) in [5, 5.41) is 18.4. The lowest BCUT2D eigenvalue weighted by Gasteiger charge is -2.38. The van der Waals surface area contributed by atoms with E-state index in [1.807, 2.05) is 0 Å². The average molecular weight is 402 g/mol. The Morgan fingerprint density at radius 3 is 1.15 bits per heavy atom. The minimum absolute atomic E-state index is 0.0698. The SMILES string of the molecule is Nc1cc(C(c2cc(N)c(O)c(F)c2)(C(F)(F)F)C(F)(F)F)cc(F)c1O. The Morgan fingerprint density at radius 2 is 0.926 bits per heavy atom.